The number of halogens is 1. The fraction of sp³-hybridized carbons (Fsp3) is 0.812. The summed E-state index contributed by atoms with van der Waals surface area (Å²) >= 11 is 0. The number of hydrogen-bond donors (Lipinski definition) is 1. The third-order valence-corrected chi connectivity index (χ3v) is 9.36. The predicted octanol–water partition coefficient (Wildman–Crippen LogP) is 4.28. The lowest BCUT2D eigenvalue weighted by atomic mass is 9.84. The number of hydrogen-bond acceptors (Lipinski definition) is 3. The Bertz CT molecular complexity index is 390. The standard InChI is InChI=1S/C16H31FN2OSi/c1-16(2,3)21(6,7)20-15-9-8-12(10-13(15)17)14(19-5)11-18-4/h11-13,15,18H,5,8-10H2,1-4,6-7H3/b14-11-/t12-,13-,15?/m0/s1. The quantitative estimate of drug-likeness (QED) is 0.607. The topological polar surface area (TPSA) is 33.6 Å². The fourth-order valence-electron chi connectivity index (χ4n) is 2.48. The third-order valence-electron chi connectivity index (χ3n) is 4.86. The van der Waals surface area contributed by atoms with Crippen LogP contribution in [-0.4, -0.2) is 34.4 Å². The van der Waals surface area contributed by atoms with E-state index in [0.717, 1.165) is 18.5 Å². The Labute approximate surface area is 130 Å². The normalized spacial score (nSPS) is 28.3. The van der Waals surface area contributed by atoms with Crippen LogP contribution < -0.4 is 5.32 Å². The zero-order chi connectivity index (χ0) is 16.3. The van der Waals surface area contributed by atoms with Crippen LogP contribution in [0.2, 0.25) is 18.1 Å². The number of nitrogens with zero attached hydrogens (tertiary/aromatic N) is 1. The molecule has 1 rings (SSSR count). The fourth-order valence-corrected chi connectivity index (χ4v) is 3.86. The molecular weight excluding hydrogens is 283 g/mol. The van der Waals surface area contributed by atoms with Crippen molar-refractivity contribution in [3.63, 3.8) is 0 Å². The number of alkyl halides is 1. The van der Waals surface area contributed by atoms with E-state index in [1.165, 1.54) is 0 Å². The summed E-state index contributed by atoms with van der Waals surface area (Å²) in [5.74, 6) is 0.143. The highest BCUT2D eigenvalue weighted by molar-refractivity contribution is 6.74. The number of allylic oxidation sites excluding steroid dienone is 1. The Morgan fingerprint density at radius 2 is 2.00 bits per heavy atom. The molecule has 3 nitrogen and oxygen atoms in total. The minimum atomic E-state index is -1.91. The van der Waals surface area contributed by atoms with Crippen molar-refractivity contribution in [2.45, 2.75) is 70.4 Å². The molecule has 1 N–H and O–H groups in total. The van der Waals surface area contributed by atoms with Crippen molar-refractivity contribution in [3.8, 4) is 0 Å². The van der Waals surface area contributed by atoms with Crippen LogP contribution in [0.25, 0.3) is 0 Å². The van der Waals surface area contributed by atoms with Crippen molar-refractivity contribution < 1.29 is 8.82 Å². The number of nitrogens with one attached hydrogen (secondary N) is 1. The molecule has 0 bridgehead atoms. The molecule has 1 saturated carbocycles. The van der Waals surface area contributed by atoms with Gasteiger partial charge in [0.15, 0.2) is 8.32 Å². The van der Waals surface area contributed by atoms with E-state index in [9.17, 15) is 4.39 Å². The van der Waals surface area contributed by atoms with Crippen molar-refractivity contribution >= 4 is 15.0 Å². The average Bonchev–Trinajstić information content (AvgIpc) is 2.37. The van der Waals surface area contributed by atoms with Gasteiger partial charge in [-0.1, -0.05) is 20.8 Å². The highest BCUT2D eigenvalue weighted by Gasteiger charge is 2.42. The Hall–Kier alpha value is -0.683. The second-order valence-electron chi connectivity index (χ2n) is 7.46. The summed E-state index contributed by atoms with van der Waals surface area (Å²) in [4.78, 5) is 4.02. The lowest BCUT2D eigenvalue weighted by Gasteiger charge is -2.42. The number of aliphatic imine (C=N–C) groups is 1. The molecule has 0 radical (unpaired) electrons. The first kappa shape index (κ1) is 18.4. The molecule has 0 amide bonds. The lowest BCUT2D eigenvalue weighted by molar-refractivity contribution is 0.0388. The molecular formula is C16H31FN2OSi. The summed E-state index contributed by atoms with van der Waals surface area (Å²) < 4.78 is 20.8. The zero-order valence-corrected chi connectivity index (χ0v) is 15.4. The van der Waals surface area contributed by atoms with Gasteiger partial charge in [0, 0.05) is 19.2 Å². The summed E-state index contributed by atoms with van der Waals surface area (Å²) in [5.41, 5.74) is 0.853. The van der Waals surface area contributed by atoms with Gasteiger partial charge < -0.3 is 9.74 Å². The molecule has 122 valence electrons. The van der Waals surface area contributed by atoms with Gasteiger partial charge in [-0.2, -0.15) is 0 Å². The van der Waals surface area contributed by atoms with Gasteiger partial charge in [0.05, 0.1) is 11.8 Å². The summed E-state index contributed by atoms with van der Waals surface area (Å²) in [6.45, 7) is 14.5. The van der Waals surface area contributed by atoms with Crippen molar-refractivity contribution in [2.24, 2.45) is 10.9 Å². The zero-order valence-electron chi connectivity index (χ0n) is 14.4. The van der Waals surface area contributed by atoms with Crippen molar-refractivity contribution in [1.29, 1.82) is 0 Å². The van der Waals surface area contributed by atoms with Crippen LogP contribution in [0.3, 0.4) is 0 Å². The highest BCUT2D eigenvalue weighted by atomic mass is 28.4. The van der Waals surface area contributed by atoms with Gasteiger partial charge in [-0.3, -0.25) is 4.99 Å². The van der Waals surface area contributed by atoms with E-state index >= 15 is 0 Å². The van der Waals surface area contributed by atoms with Crippen LogP contribution in [0.1, 0.15) is 40.0 Å². The van der Waals surface area contributed by atoms with Crippen LogP contribution in [0.15, 0.2) is 16.9 Å². The first-order valence-corrected chi connectivity index (χ1v) is 10.7. The van der Waals surface area contributed by atoms with Crippen LogP contribution in [0.5, 0.6) is 0 Å². The molecule has 1 fully saturated rings. The van der Waals surface area contributed by atoms with Crippen LogP contribution in [-0.2, 0) is 4.43 Å². The van der Waals surface area contributed by atoms with E-state index in [-0.39, 0.29) is 17.1 Å². The van der Waals surface area contributed by atoms with Crippen molar-refractivity contribution in [1.82, 2.24) is 5.32 Å². The minimum absolute atomic E-state index is 0.115. The van der Waals surface area contributed by atoms with Gasteiger partial charge in [-0.15, -0.1) is 0 Å². The molecule has 0 heterocycles. The van der Waals surface area contributed by atoms with Gasteiger partial charge in [0.2, 0.25) is 0 Å². The molecule has 0 saturated heterocycles. The number of rotatable bonds is 5. The first-order chi connectivity index (χ1) is 9.62. The summed E-state index contributed by atoms with van der Waals surface area (Å²) in [7, 11) is -0.0858. The Morgan fingerprint density at radius 3 is 2.43 bits per heavy atom. The molecule has 0 aromatic heterocycles. The molecule has 1 aliphatic rings. The highest BCUT2D eigenvalue weighted by Crippen LogP contribution is 2.41. The van der Waals surface area contributed by atoms with Gasteiger partial charge >= 0.3 is 0 Å². The van der Waals surface area contributed by atoms with Gasteiger partial charge in [-0.05, 0) is 44.1 Å². The largest absolute Gasteiger partial charge is 0.411 e. The molecule has 3 atom stereocenters. The second kappa shape index (κ2) is 7.05. The van der Waals surface area contributed by atoms with Gasteiger partial charge in [-0.25, -0.2) is 4.39 Å². The van der Waals surface area contributed by atoms with Crippen LogP contribution >= 0.6 is 0 Å². The third kappa shape index (κ3) is 4.64. The molecule has 0 spiro atoms. The monoisotopic (exact) mass is 314 g/mol. The maximum Gasteiger partial charge on any atom is 0.192 e. The molecule has 5 heteroatoms. The Balaban J connectivity index is 2.70. The summed E-state index contributed by atoms with van der Waals surface area (Å²) in [5, 5.41) is 3.07. The van der Waals surface area contributed by atoms with Crippen molar-refractivity contribution in [3.05, 3.63) is 11.9 Å². The maximum atomic E-state index is 14.5. The smallest absolute Gasteiger partial charge is 0.192 e. The van der Waals surface area contributed by atoms with Gasteiger partial charge in [0.25, 0.3) is 0 Å². The lowest BCUT2D eigenvalue weighted by Crippen LogP contribution is -2.47. The van der Waals surface area contributed by atoms with E-state index in [1.54, 1.807) is 0 Å². The minimum Gasteiger partial charge on any atom is -0.411 e. The van der Waals surface area contributed by atoms with E-state index in [4.69, 9.17) is 4.43 Å². The van der Waals surface area contributed by atoms with E-state index in [2.05, 4.69) is 50.9 Å². The first-order valence-electron chi connectivity index (χ1n) is 7.78. The summed E-state index contributed by atoms with van der Waals surface area (Å²) in [6.07, 6.45) is 2.79. The molecule has 0 aliphatic heterocycles. The Kier molecular flexibility index (Phi) is 6.17. The SMILES string of the molecule is C=N/C(=C\NC)[C@H]1CCC(O[Si](C)(C)C(C)(C)C)[C@@H](F)C1. The molecule has 0 aromatic carbocycles. The maximum absolute atomic E-state index is 14.5. The average molecular weight is 315 g/mol. The summed E-state index contributed by atoms with van der Waals surface area (Å²) in [6, 6.07) is 0. The molecule has 0 aromatic rings. The van der Waals surface area contributed by atoms with Crippen LogP contribution in [0.4, 0.5) is 4.39 Å². The molecule has 1 unspecified atom stereocenters. The van der Waals surface area contributed by atoms with Gasteiger partial charge in [0.1, 0.15) is 6.17 Å². The molecule has 21 heavy (non-hydrogen) atoms. The van der Waals surface area contributed by atoms with Crippen LogP contribution in [0, 0.1) is 5.92 Å². The van der Waals surface area contributed by atoms with E-state index in [1.807, 2.05) is 13.2 Å². The van der Waals surface area contributed by atoms with E-state index in [0.29, 0.717) is 6.42 Å². The predicted molar refractivity (Wildman–Crippen MR) is 91.0 cm³/mol. The second-order valence-corrected chi connectivity index (χ2v) is 12.2. The Morgan fingerprint density at radius 1 is 1.38 bits per heavy atom. The van der Waals surface area contributed by atoms with E-state index < -0.39 is 14.5 Å². The van der Waals surface area contributed by atoms with Crippen molar-refractivity contribution in [2.75, 3.05) is 7.05 Å². The molecule has 1 aliphatic carbocycles.